The van der Waals surface area contributed by atoms with Gasteiger partial charge >= 0.3 is 5.97 Å². The Kier molecular flexibility index (Phi) is 18.5. The predicted octanol–water partition coefficient (Wildman–Crippen LogP) is 7.12. The van der Waals surface area contributed by atoms with Gasteiger partial charge in [0, 0.05) is 6.42 Å². The van der Waals surface area contributed by atoms with Crippen molar-refractivity contribution in [2.24, 2.45) is 5.92 Å². The molecule has 9 atom stereocenters. The van der Waals surface area contributed by atoms with Crippen LogP contribution in [0.15, 0.2) is 0 Å². The number of esters is 1. The molecule has 0 amide bonds. The van der Waals surface area contributed by atoms with E-state index in [0.29, 0.717) is 12.8 Å². The minimum absolute atomic E-state index is 0.0165. The summed E-state index contributed by atoms with van der Waals surface area (Å²) in [4.78, 5) is 23.1. The van der Waals surface area contributed by atoms with Gasteiger partial charge in [-0.1, -0.05) is 84.0 Å². The van der Waals surface area contributed by atoms with Gasteiger partial charge < -0.3 is 34.3 Å². The molecule has 0 aliphatic carbocycles. The lowest BCUT2D eigenvalue weighted by atomic mass is 9.96. The van der Waals surface area contributed by atoms with E-state index in [9.17, 15) is 24.9 Å². The molecule has 8 nitrogen and oxygen atoms in total. The summed E-state index contributed by atoms with van der Waals surface area (Å²) < 4.78 is 17.9. The van der Waals surface area contributed by atoms with Crippen LogP contribution >= 0.6 is 0 Å². The smallest absolute Gasteiger partial charge is 0.309 e. The largest absolute Gasteiger partial charge is 0.462 e. The minimum Gasteiger partial charge on any atom is -0.462 e. The highest BCUT2D eigenvalue weighted by molar-refractivity contribution is 5.83. The van der Waals surface area contributed by atoms with Gasteiger partial charge in [0.1, 0.15) is 11.9 Å². The number of Topliss-reactive ketones (excluding diaryl/α,β-unsaturated/α-hetero) is 1. The molecule has 0 radical (unpaired) electrons. The third kappa shape index (κ3) is 14.7. The van der Waals surface area contributed by atoms with Crippen LogP contribution in [-0.4, -0.2) is 75.9 Å². The number of aliphatic hydroxyl groups is 3. The summed E-state index contributed by atoms with van der Waals surface area (Å²) in [6.07, 6.45) is 21.7. The molecule has 45 heavy (non-hydrogen) atoms. The molecular formula is C37H66O8. The Morgan fingerprint density at radius 1 is 0.711 bits per heavy atom. The van der Waals surface area contributed by atoms with Gasteiger partial charge in [-0.2, -0.15) is 0 Å². The minimum atomic E-state index is -0.468. The van der Waals surface area contributed by atoms with Crippen molar-refractivity contribution >= 4 is 11.8 Å². The molecule has 3 aliphatic heterocycles. The number of aliphatic hydroxyl groups excluding tert-OH is 3. The SMILES string of the molecule is CCCCCCCCCC[C@@H](O)[C@H]1CC[C@H]([C@H]2CC[C@H]([C@H](O)CCCCC[C@@H](O)CCCC[C@H]3CC(CC(C)=O)C(=O)O3)O2)O1. The van der Waals surface area contributed by atoms with E-state index >= 15 is 0 Å². The molecule has 3 heterocycles. The lowest BCUT2D eigenvalue weighted by Crippen LogP contribution is -2.33. The van der Waals surface area contributed by atoms with Crippen LogP contribution in [0.4, 0.5) is 0 Å². The average Bonchev–Trinajstić information content (AvgIpc) is 3.77. The number of unbranched alkanes of at least 4 members (excludes halogenated alkanes) is 10. The molecule has 3 fully saturated rings. The molecule has 8 heteroatoms. The summed E-state index contributed by atoms with van der Waals surface area (Å²) in [5.74, 6) is -0.488. The summed E-state index contributed by atoms with van der Waals surface area (Å²) in [7, 11) is 0. The molecule has 3 aliphatic rings. The highest BCUT2D eigenvalue weighted by Crippen LogP contribution is 2.35. The number of carbonyl (C=O) groups excluding carboxylic acids is 2. The van der Waals surface area contributed by atoms with E-state index in [-0.39, 0.29) is 66.8 Å². The second-order valence-corrected chi connectivity index (χ2v) is 14.5. The molecule has 0 saturated carbocycles. The normalized spacial score (nSPS) is 28.8. The maximum Gasteiger partial charge on any atom is 0.309 e. The number of ether oxygens (including phenoxy) is 3. The van der Waals surface area contributed by atoms with Crippen molar-refractivity contribution < 1.29 is 39.1 Å². The fourth-order valence-electron chi connectivity index (χ4n) is 7.57. The molecule has 0 aromatic heterocycles. The van der Waals surface area contributed by atoms with Crippen LogP contribution in [0.25, 0.3) is 0 Å². The fraction of sp³-hybridized carbons (Fsp3) is 0.946. The van der Waals surface area contributed by atoms with Gasteiger partial charge in [0.2, 0.25) is 0 Å². The van der Waals surface area contributed by atoms with Gasteiger partial charge in [0.25, 0.3) is 0 Å². The maximum absolute atomic E-state index is 11.9. The van der Waals surface area contributed by atoms with E-state index in [2.05, 4.69) is 6.92 Å². The van der Waals surface area contributed by atoms with Crippen LogP contribution in [0.3, 0.4) is 0 Å². The summed E-state index contributed by atoms with van der Waals surface area (Å²) in [5, 5.41) is 31.8. The Morgan fingerprint density at radius 2 is 1.20 bits per heavy atom. The Morgan fingerprint density at radius 3 is 1.76 bits per heavy atom. The zero-order valence-corrected chi connectivity index (χ0v) is 28.5. The van der Waals surface area contributed by atoms with Crippen LogP contribution in [-0.2, 0) is 23.8 Å². The molecule has 0 spiro atoms. The van der Waals surface area contributed by atoms with Crippen LogP contribution in [0, 0.1) is 5.92 Å². The standard InChI is InChI=1S/C37H66O8/c1-3-4-5-6-7-8-9-12-19-31(40)33-21-23-35(44-33)36-24-22-34(45-36)32(41)20-13-10-11-16-29(39)17-14-15-18-30-26-28(25-27(2)38)37(42)43-30/h28-36,39-41H,3-26H2,1-2H3/t28?,29-,30+,31-,32-,33-,34-,35-,36-/m1/s1. The van der Waals surface area contributed by atoms with Gasteiger partial charge in [-0.15, -0.1) is 0 Å². The van der Waals surface area contributed by atoms with Gasteiger partial charge in [-0.25, -0.2) is 0 Å². The predicted molar refractivity (Wildman–Crippen MR) is 176 cm³/mol. The molecule has 0 aromatic rings. The second kappa shape index (κ2) is 21.7. The zero-order chi connectivity index (χ0) is 32.4. The number of hydrogen-bond acceptors (Lipinski definition) is 8. The fourth-order valence-corrected chi connectivity index (χ4v) is 7.57. The van der Waals surface area contributed by atoms with Crippen molar-refractivity contribution in [1.29, 1.82) is 0 Å². The Balaban J connectivity index is 1.16. The number of carbonyl (C=O) groups is 2. The van der Waals surface area contributed by atoms with Crippen LogP contribution in [0.5, 0.6) is 0 Å². The molecule has 1 unspecified atom stereocenters. The third-order valence-corrected chi connectivity index (χ3v) is 10.3. The molecule has 3 rings (SSSR count). The van der Waals surface area contributed by atoms with Crippen LogP contribution in [0.1, 0.15) is 168 Å². The number of rotatable bonds is 25. The topological polar surface area (TPSA) is 123 Å². The monoisotopic (exact) mass is 638 g/mol. The first-order valence-corrected chi connectivity index (χ1v) is 18.8. The number of ketones is 1. The number of hydrogen-bond donors (Lipinski definition) is 3. The van der Waals surface area contributed by atoms with Gasteiger partial charge in [0.05, 0.1) is 48.6 Å². The van der Waals surface area contributed by atoms with Crippen molar-refractivity contribution in [3.63, 3.8) is 0 Å². The van der Waals surface area contributed by atoms with Gasteiger partial charge in [-0.3, -0.25) is 4.79 Å². The molecule has 0 bridgehead atoms. The summed E-state index contributed by atoms with van der Waals surface area (Å²) in [5.41, 5.74) is 0. The molecule has 262 valence electrons. The van der Waals surface area contributed by atoms with Crippen molar-refractivity contribution in [1.82, 2.24) is 0 Å². The van der Waals surface area contributed by atoms with Crippen LogP contribution in [0.2, 0.25) is 0 Å². The third-order valence-electron chi connectivity index (χ3n) is 10.3. The van der Waals surface area contributed by atoms with Gasteiger partial charge in [0.15, 0.2) is 0 Å². The molecule has 3 saturated heterocycles. The van der Waals surface area contributed by atoms with Crippen LogP contribution < -0.4 is 0 Å². The summed E-state index contributed by atoms with van der Waals surface area (Å²) in [6, 6.07) is 0. The lowest BCUT2D eigenvalue weighted by Gasteiger charge is -2.24. The van der Waals surface area contributed by atoms with Crippen molar-refractivity contribution in [3.05, 3.63) is 0 Å². The zero-order valence-electron chi connectivity index (χ0n) is 28.5. The van der Waals surface area contributed by atoms with Crippen molar-refractivity contribution in [3.8, 4) is 0 Å². The maximum atomic E-state index is 11.9. The first-order chi connectivity index (χ1) is 21.8. The lowest BCUT2D eigenvalue weighted by molar-refractivity contribution is -0.145. The molecule has 0 aromatic carbocycles. The van der Waals surface area contributed by atoms with E-state index in [1.54, 1.807) is 0 Å². The average molecular weight is 639 g/mol. The Bertz CT molecular complexity index is 820. The van der Waals surface area contributed by atoms with E-state index in [4.69, 9.17) is 14.2 Å². The molecule has 3 N–H and O–H groups in total. The summed E-state index contributed by atoms with van der Waals surface area (Å²) >= 11 is 0. The second-order valence-electron chi connectivity index (χ2n) is 14.5. The van der Waals surface area contributed by atoms with Crippen molar-refractivity contribution in [2.75, 3.05) is 0 Å². The molecular weight excluding hydrogens is 572 g/mol. The van der Waals surface area contributed by atoms with E-state index in [1.807, 2.05) is 0 Å². The van der Waals surface area contributed by atoms with E-state index < -0.39 is 6.10 Å². The summed E-state index contributed by atoms with van der Waals surface area (Å²) in [6.45, 7) is 3.76. The van der Waals surface area contributed by atoms with Gasteiger partial charge in [-0.05, 0) is 77.6 Å². The Labute approximate surface area is 273 Å². The Hall–Kier alpha value is -1.06. The van der Waals surface area contributed by atoms with Crippen molar-refractivity contribution in [2.45, 2.75) is 217 Å². The first-order valence-electron chi connectivity index (χ1n) is 18.8. The first kappa shape index (κ1) is 38.4. The highest BCUT2D eigenvalue weighted by atomic mass is 16.6. The van der Waals surface area contributed by atoms with E-state index in [1.165, 1.54) is 51.9 Å². The number of cyclic esters (lactones) is 1. The van der Waals surface area contributed by atoms with E-state index in [0.717, 1.165) is 89.9 Å². The quantitative estimate of drug-likeness (QED) is 0.0714. The highest BCUT2D eigenvalue weighted by Gasteiger charge is 2.40.